The van der Waals surface area contributed by atoms with E-state index in [1.807, 2.05) is 25.1 Å². The van der Waals surface area contributed by atoms with E-state index in [4.69, 9.17) is 4.74 Å². The van der Waals surface area contributed by atoms with E-state index in [2.05, 4.69) is 34.3 Å². The third kappa shape index (κ3) is 2.65. The minimum atomic E-state index is 0.301. The Morgan fingerprint density at radius 3 is 3.00 bits per heavy atom. The first kappa shape index (κ1) is 13.1. The predicted molar refractivity (Wildman–Crippen MR) is 77.5 cm³/mol. The van der Waals surface area contributed by atoms with Crippen molar-refractivity contribution in [1.82, 2.24) is 15.3 Å². The van der Waals surface area contributed by atoms with Gasteiger partial charge in [0.15, 0.2) is 0 Å². The van der Waals surface area contributed by atoms with Crippen molar-refractivity contribution in [2.75, 3.05) is 6.61 Å². The van der Waals surface area contributed by atoms with E-state index < -0.39 is 0 Å². The predicted octanol–water partition coefficient (Wildman–Crippen LogP) is 2.64. The molecule has 0 spiro atoms. The van der Waals surface area contributed by atoms with Crippen LogP contribution in [0.5, 0.6) is 5.75 Å². The van der Waals surface area contributed by atoms with E-state index in [9.17, 15) is 0 Å². The fourth-order valence-electron chi connectivity index (χ4n) is 2.62. The van der Waals surface area contributed by atoms with Crippen LogP contribution in [0, 0.1) is 12.8 Å². The average Bonchev–Trinajstić information content (AvgIpc) is 2.46. The number of hydrogen-bond acceptors (Lipinski definition) is 4. The van der Waals surface area contributed by atoms with Gasteiger partial charge in [0, 0.05) is 30.3 Å². The summed E-state index contributed by atoms with van der Waals surface area (Å²) in [6, 6.07) is 10.5. The standard InChI is InChI=1S/C16H19N3O/c1-11-10-20-15-6-4-3-5-14(15)16(11)18-9-13-7-8-17-12(2)19-13/h3-8,11,16,18H,9-10H2,1-2H3. The smallest absolute Gasteiger partial charge is 0.125 e. The molecule has 0 fully saturated rings. The number of nitrogens with one attached hydrogen (secondary N) is 1. The van der Waals surface area contributed by atoms with Crippen LogP contribution in [0.4, 0.5) is 0 Å². The van der Waals surface area contributed by atoms with E-state index in [1.54, 1.807) is 6.20 Å². The Bertz CT molecular complexity index is 600. The molecule has 1 aliphatic rings. The highest BCUT2D eigenvalue weighted by atomic mass is 16.5. The Labute approximate surface area is 119 Å². The molecule has 3 rings (SSSR count). The first-order valence-electron chi connectivity index (χ1n) is 6.97. The number of benzene rings is 1. The lowest BCUT2D eigenvalue weighted by Gasteiger charge is -2.32. The normalized spacial score (nSPS) is 21.1. The molecule has 4 nitrogen and oxygen atoms in total. The lowest BCUT2D eigenvalue weighted by molar-refractivity contribution is 0.187. The van der Waals surface area contributed by atoms with Gasteiger partial charge < -0.3 is 10.1 Å². The molecule has 1 aromatic carbocycles. The van der Waals surface area contributed by atoms with Crippen molar-refractivity contribution < 1.29 is 4.74 Å². The third-order valence-corrected chi connectivity index (χ3v) is 3.66. The van der Waals surface area contributed by atoms with Gasteiger partial charge in [-0.15, -0.1) is 0 Å². The SMILES string of the molecule is Cc1nccc(CNC2c3ccccc3OCC2C)n1. The fraction of sp³-hybridized carbons (Fsp3) is 0.375. The van der Waals surface area contributed by atoms with Gasteiger partial charge in [0.25, 0.3) is 0 Å². The fourth-order valence-corrected chi connectivity index (χ4v) is 2.62. The Kier molecular flexibility index (Phi) is 3.65. The number of ether oxygens (including phenoxy) is 1. The minimum absolute atomic E-state index is 0.301. The highest BCUT2D eigenvalue weighted by Crippen LogP contribution is 2.34. The van der Waals surface area contributed by atoms with Gasteiger partial charge in [-0.1, -0.05) is 25.1 Å². The van der Waals surface area contributed by atoms with Crippen molar-refractivity contribution in [2.24, 2.45) is 5.92 Å². The number of aryl methyl sites for hydroxylation is 1. The number of rotatable bonds is 3. The van der Waals surface area contributed by atoms with Gasteiger partial charge in [0.2, 0.25) is 0 Å². The molecule has 2 unspecified atom stereocenters. The molecular weight excluding hydrogens is 250 g/mol. The Morgan fingerprint density at radius 2 is 2.15 bits per heavy atom. The second kappa shape index (κ2) is 5.59. The largest absolute Gasteiger partial charge is 0.493 e. The van der Waals surface area contributed by atoms with E-state index in [0.29, 0.717) is 12.0 Å². The van der Waals surface area contributed by atoms with Crippen molar-refractivity contribution in [3.63, 3.8) is 0 Å². The van der Waals surface area contributed by atoms with Gasteiger partial charge in [0.1, 0.15) is 11.6 Å². The van der Waals surface area contributed by atoms with Crippen molar-refractivity contribution in [3.8, 4) is 5.75 Å². The van der Waals surface area contributed by atoms with Crippen LogP contribution in [0.2, 0.25) is 0 Å². The van der Waals surface area contributed by atoms with Gasteiger partial charge in [0.05, 0.1) is 12.3 Å². The van der Waals surface area contributed by atoms with Crippen LogP contribution in [-0.4, -0.2) is 16.6 Å². The second-order valence-corrected chi connectivity index (χ2v) is 5.28. The number of aromatic nitrogens is 2. The summed E-state index contributed by atoms with van der Waals surface area (Å²) in [6.07, 6.45) is 1.81. The molecule has 4 heteroatoms. The highest BCUT2D eigenvalue weighted by Gasteiger charge is 2.27. The maximum absolute atomic E-state index is 5.77. The Hall–Kier alpha value is -1.94. The summed E-state index contributed by atoms with van der Waals surface area (Å²) in [7, 11) is 0. The van der Waals surface area contributed by atoms with E-state index in [1.165, 1.54) is 5.56 Å². The zero-order chi connectivity index (χ0) is 13.9. The minimum Gasteiger partial charge on any atom is -0.493 e. The summed E-state index contributed by atoms with van der Waals surface area (Å²) in [6.45, 7) is 5.61. The lowest BCUT2D eigenvalue weighted by Crippen LogP contribution is -2.33. The summed E-state index contributed by atoms with van der Waals surface area (Å²) in [4.78, 5) is 8.56. The highest BCUT2D eigenvalue weighted by molar-refractivity contribution is 5.37. The van der Waals surface area contributed by atoms with E-state index in [-0.39, 0.29) is 0 Å². The number of fused-ring (bicyclic) bond motifs is 1. The maximum atomic E-state index is 5.77. The monoisotopic (exact) mass is 269 g/mol. The average molecular weight is 269 g/mol. The molecule has 0 aliphatic carbocycles. The number of hydrogen-bond donors (Lipinski definition) is 1. The topological polar surface area (TPSA) is 47.0 Å². The molecule has 2 aromatic rings. The van der Waals surface area contributed by atoms with Crippen molar-refractivity contribution in [3.05, 3.63) is 53.6 Å². The summed E-state index contributed by atoms with van der Waals surface area (Å²) in [5.41, 5.74) is 2.26. The van der Waals surface area contributed by atoms with Crippen LogP contribution in [0.1, 0.15) is 30.0 Å². The van der Waals surface area contributed by atoms with Crippen molar-refractivity contribution in [1.29, 1.82) is 0 Å². The van der Waals surface area contributed by atoms with Crippen molar-refractivity contribution >= 4 is 0 Å². The van der Waals surface area contributed by atoms with Crippen LogP contribution in [0.25, 0.3) is 0 Å². The quantitative estimate of drug-likeness (QED) is 0.930. The van der Waals surface area contributed by atoms with Gasteiger partial charge >= 0.3 is 0 Å². The summed E-state index contributed by atoms with van der Waals surface area (Å²) in [5, 5.41) is 3.60. The van der Waals surface area contributed by atoms with E-state index >= 15 is 0 Å². The molecule has 0 bridgehead atoms. The molecular formula is C16H19N3O. The number of para-hydroxylation sites is 1. The molecule has 0 amide bonds. The molecule has 0 saturated carbocycles. The van der Waals surface area contributed by atoms with Crippen LogP contribution in [0.15, 0.2) is 36.5 Å². The molecule has 2 atom stereocenters. The van der Waals surface area contributed by atoms with Crippen LogP contribution in [0.3, 0.4) is 0 Å². The Morgan fingerprint density at radius 1 is 1.30 bits per heavy atom. The molecule has 2 heterocycles. The van der Waals surface area contributed by atoms with Gasteiger partial charge in [-0.2, -0.15) is 0 Å². The molecule has 104 valence electrons. The molecule has 20 heavy (non-hydrogen) atoms. The maximum Gasteiger partial charge on any atom is 0.125 e. The van der Waals surface area contributed by atoms with Crippen LogP contribution >= 0.6 is 0 Å². The van der Waals surface area contributed by atoms with Crippen LogP contribution < -0.4 is 10.1 Å². The molecule has 0 saturated heterocycles. The lowest BCUT2D eigenvalue weighted by atomic mass is 9.92. The van der Waals surface area contributed by atoms with Crippen molar-refractivity contribution in [2.45, 2.75) is 26.4 Å². The zero-order valence-electron chi connectivity index (χ0n) is 11.8. The van der Waals surface area contributed by atoms with Gasteiger partial charge in [-0.3, -0.25) is 0 Å². The third-order valence-electron chi connectivity index (χ3n) is 3.66. The van der Waals surface area contributed by atoms with Gasteiger partial charge in [-0.05, 0) is 19.1 Å². The zero-order valence-corrected chi connectivity index (χ0v) is 11.8. The summed E-state index contributed by atoms with van der Waals surface area (Å²) < 4.78 is 5.77. The first-order valence-corrected chi connectivity index (χ1v) is 6.97. The first-order chi connectivity index (χ1) is 9.74. The molecule has 1 aromatic heterocycles. The summed E-state index contributed by atoms with van der Waals surface area (Å²) in [5.74, 6) is 2.24. The molecule has 0 radical (unpaired) electrons. The molecule has 1 N–H and O–H groups in total. The molecule has 1 aliphatic heterocycles. The summed E-state index contributed by atoms with van der Waals surface area (Å²) >= 11 is 0. The Balaban J connectivity index is 1.77. The number of nitrogens with zero attached hydrogens (tertiary/aromatic N) is 2. The van der Waals surface area contributed by atoms with E-state index in [0.717, 1.165) is 30.4 Å². The van der Waals surface area contributed by atoms with Gasteiger partial charge in [-0.25, -0.2) is 9.97 Å². The van der Waals surface area contributed by atoms with Crippen LogP contribution in [-0.2, 0) is 6.54 Å². The second-order valence-electron chi connectivity index (χ2n) is 5.28.